The second-order valence-electron chi connectivity index (χ2n) is 7.22. The summed E-state index contributed by atoms with van der Waals surface area (Å²) in [6.45, 7) is 3.69. The van der Waals surface area contributed by atoms with Crippen LogP contribution in [0.25, 0.3) is 11.3 Å². The molecule has 1 saturated heterocycles. The first kappa shape index (κ1) is 22.0. The number of nitrogens with one attached hydrogen (secondary N) is 3. The number of nitrogens with zero attached hydrogens (tertiary/aromatic N) is 2. The van der Waals surface area contributed by atoms with Gasteiger partial charge in [0.25, 0.3) is 17.4 Å². The summed E-state index contributed by atoms with van der Waals surface area (Å²) in [4.78, 5) is 46.6. The number of carbonyl (C=O) groups is 2. The molecule has 2 amide bonds. The second-order valence-corrected chi connectivity index (χ2v) is 8.51. The monoisotopic (exact) mass is 473 g/mol. The molecule has 1 aromatic carbocycles. The molecule has 0 radical (unpaired) electrons. The lowest BCUT2D eigenvalue weighted by Gasteiger charge is -2.28. The number of aryl methyl sites for hydroxylation is 1. The van der Waals surface area contributed by atoms with Crippen LogP contribution in [0, 0.1) is 6.92 Å². The fourth-order valence-corrected chi connectivity index (χ4v) is 4.29. The fourth-order valence-electron chi connectivity index (χ4n) is 3.45. The van der Waals surface area contributed by atoms with E-state index in [0.29, 0.717) is 36.9 Å². The number of aromatic nitrogens is 2. The number of carbonyl (C=O) groups excluding carboxylic acids is 2. The number of pyridine rings is 1. The van der Waals surface area contributed by atoms with Crippen LogP contribution in [0.4, 0.5) is 5.13 Å². The van der Waals surface area contributed by atoms with E-state index in [1.165, 1.54) is 18.3 Å². The standard InChI is InChI=1S/C21H20ClN5O4S/c1-11-15(20(31)27-8-6-23-7-9-27)17(28)16(18(29)24-11)19(30)26-21-25-14(10-32-21)12-2-4-13(22)5-3-12/h2-5,10,23H,6-9H2,1H3,(H2,24,28,29)(H,25,26,30). The molecule has 4 rings (SSSR count). The van der Waals surface area contributed by atoms with Crippen LogP contribution in [0.2, 0.25) is 5.02 Å². The van der Waals surface area contributed by atoms with E-state index in [1.54, 1.807) is 34.5 Å². The van der Waals surface area contributed by atoms with Gasteiger partial charge in [-0.1, -0.05) is 23.7 Å². The van der Waals surface area contributed by atoms with Gasteiger partial charge in [0, 0.05) is 47.8 Å². The van der Waals surface area contributed by atoms with Crippen LogP contribution < -0.4 is 16.2 Å². The van der Waals surface area contributed by atoms with E-state index in [1.807, 2.05) is 0 Å². The molecule has 9 nitrogen and oxygen atoms in total. The first-order valence-corrected chi connectivity index (χ1v) is 11.1. The molecule has 1 aliphatic heterocycles. The van der Waals surface area contributed by atoms with Crippen LogP contribution >= 0.6 is 22.9 Å². The number of hydrogen-bond donors (Lipinski definition) is 4. The zero-order chi connectivity index (χ0) is 22.8. The van der Waals surface area contributed by atoms with Gasteiger partial charge in [-0.2, -0.15) is 0 Å². The minimum atomic E-state index is -0.852. The number of hydrogen-bond acceptors (Lipinski definition) is 7. The maximum Gasteiger partial charge on any atom is 0.266 e. The molecule has 0 aliphatic carbocycles. The van der Waals surface area contributed by atoms with Crippen molar-refractivity contribution in [3.8, 4) is 17.0 Å². The van der Waals surface area contributed by atoms with Crippen molar-refractivity contribution >= 4 is 39.9 Å². The predicted octanol–water partition coefficient (Wildman–Crippen LogP) is 2.46. The van der Waals surface area contributed by atoms with Crippen molar-refractivity contribution in [1.82, 2.24) is 20.2 Å². The second kappa shape index (κ2) is 9.11. The molecule has 32 heavy (non-hydrogen) atoms. The van der Waals surface area contributed by atoms with Crippen molar-refractivity contribution in [2.75, 3.05) is 31.5 Å². The zero-order valence-electron chi connectivity index (χ0n) is 17.1. The molecule has 1 aliphatic rings. The van der Waals surface area contributed by atoms with E-state index in [9.17, 15) is 19.5 Å². The SMILES string of the molecule is Cc1[nH]c(=O)c(C(=O)Nc2nc(-c3ccc(Cl)cc3)cs2)c(O)c1C(=O)N1CCNCC1. The van der Waals surface area contributed by atoms with Gasteiger partial charge in [0.2, 0.25) is 0 Å². The van der Waals surface area contributed by atoms with E-state index in [-0.39, 0.29) is 16.4 Å². The largest absolute Gasteiger partial charge is 0.506 e. The summed E-state index contributed by atoms with van der Waals surface area (Å²) in [5.74, 6) is -1.93. The number of halogens is 1. The summed E-state index contributed by atoms with van der Waals surface area (Å²) in [6, 6.07) is 7.06. The number of thiazole rings is 1. The quantitative estimate of drug-likeness (QED) is 0.461. The Labute approximate surface area is 192 Å². The predicted molar refractivity (Wildman–Crippen MR) is 123 cm³/mol. The first-order valence-electron chi connectivity index (χ1n) is 9.84. The maximum atomic E-state index is 12.9. The smallest absolute Gasteiger partial charge is 0.266 e. The molecule has 3 aromatic rings. The van der Waals surface area contributed by atoms with Crippen LogP contribution in [0.5, 0.6) is 5.75 Å². The molecule has 11 heteroatoms. The average Bonchev–Trinajstić information content (AvgIpc) is 3.22. The number of piperazine rings is 1. The molecular weight excluding hydrogens is 454 g/mol. The van der Waals surface area contributed by atoms with Crippen molar-refractivity contribution in [2.45, 2.75) is 6.92 Å². The van der Waals surface area contributed by atoms with Crippen LogP contribution in [-0.2, 0) is 0 Å². The molecule has 3 heterocycles. The minimum absolute atomic E-state index is 0.0855. The summed E-state index contributed by atoms with van der Waals surface area (Å²) < 4.78 is 0. The lowest BCUT2D eigenvalue weighted by Crippen LogP contribution is -2.46. The lowest BCUT2D eigenvalue weighted by atomic mass is 10.1. The van der Waals surface area contributed by atoms with Crippen molar-refractivity contribution in [1.29, 1.82) is 0 Å². The van der Waals surface area contributed by atoms with Gasteiger partial charge < -0.3 is 20.3 Å². The van der Waals surface area contributed by atoms with Crippen molar-refractivity contribution in [2.24, 2.45) is 0 Å². The van der Waals surface area contributed by atoms with E-state index in [0.717, 1.165) is 5.56 Å². The highest BCUT2D eigenvalue weighted by Gasteiger charge is 2.29. The Balaban J connectivity index is 1.60. The summed E-state index contributed by atoms with van der Waals surface area (Å²) >= 11 is 7.07. The zero-order valence-corrected chi connectivity index (χ0v) is 18.6. The van der Waals surface area contributed by atoms with Crippen molar-refractivity contribution in [3.63, 3.8) is 0 Å². The van der Waals surface area contributed by atoms with E-state index < -0.39 is 28.7 Å². The first-order chi connectivity index (χ1) is 15.3. The third-order valence-corrected chi connectivity index (χ3v) is 6.10. The van der Waals surface area contributed by atoms with Gasteiger partial charge in [-0.25, -0.2) is 4.98 Å². The number of amides is 2. The summed E-state index contributed by atoms with van der Waals surface area (Å²) in [5.41, 5.74) is 0.232. The van der Waals surface area contributed by atoms with Crippen LogP contribution in [-0.4, -0.2) is 58.0 Å². The Kier molecular flexibility index (Phi) is 6.26. The third-order valence-electron chi connectivity index (χ3n) is 5.09. The summed E-state index contributed by atoms with van der Waals surface area (Å²) in [5, 5.41) is 19.0. The number of anilines is 1. The Bertz CT molecular complexity index is 1230. The fraction of sp³-hybridized carbons (Fsp3) is 0.238. The Morgan fingerprint density at radius 2 is 1.88 bits per heavy atom. The highest BCUT2D eigenvalue weighted by molar-refractivity contribution is 7.14. The van der Waals surface area contributed by atoms with Gasteiger partial charge in [0.1, 0.15) is 16.9 Å². The van der Waals surface area contributed by atoms with Crippen LogP contribution in [0.3, 0.4) is 0 Å². The van der Waals surface area contributed by atoms with Gasteiger partial charge in [-0.3, -0.25) is 19.7 Å². The molecule has 1 fully saturated rings. The van der Waals surface area contributed by atoms with Gasteiger partial charge in [-0.05, 0) is 19.1 Å². The number of aromatic hydroxyl groups is 1. The van der Waals surface area contributed by atoms with E-state index in [4.69, 9.17) is 11.6 Å². The molecule has 166 valence electrons. The molecule has 0 atom stereocenters. The Hall–Kier alpha value is -3.21. The maximum absolute atomic E-state index is 12.9. The number of H-pyrrole nitrogens is 1. The molecular formula is C21H20ClN5O4S. The Morgan fingerprint density at radius 3 is 2.56 bits per heavy atom. The molecule has 2 aromatic heterocycles. The summed E-state index contributed by atoms with van der Waals surface area (Å²) in [7, 11) is 0. The molecule has 4 N–H and O–H groups in total. The molecule has 0 spiro atoms. The molecule has 0 unspecified atom stereocenters. The Morgan fingerprint density at radius 1 is 1.19 bits per heavy atom. The number of rotatable bonds is 4. The van der Waals surface area contributed by atoms with Crippen LogP contribution in [0.15, 0.2) is 34.4 Å². The molecule has 0 bridgehead atoms. The highest BCUT2D eigenvalue weighted by Crippen LogP contribution is 2.28. The van der Waals surface area contributed by atoms with Gasteiger partial charge >= 0.3 is 0 Å². The normalized spacial score (nSPS) is 13.8. The van der Waals surface area contributed by atoms with E-state index in [2.05, 4.69) is 20.6 Å². The van der Waals surface area contributed by atoms with Gasteiger partial charge in [0.15, 0.2) is 5.13 Å². The highest BCUT2D eigenvalue weighted by atomic mass is 35.5. The number of benzene rings is 1. The van der Waals surface area contributed by atoms with Gasteiger partial charge in [-0.15, -0.1) is 11.3 Å². The topological polar surface area (TPSA) is 127 Å². The lowest BCUT2D eigenvalue weighted by molar-refractivity contribution is 0.0731. The van der Waals surface area contributed by atoms with Crippen molar-refractivity contribution in [3.05, 3.63) is 61.8 Å². The average molecular weight is 474 g/mol. The minimum Gasteiger partial charge on any atom is -0.506 e. The molecule has 0 saturated carbocycles. The summed E-state index contributed by atoms with van der Waals surface area (Å²) in [6.07, 6.45) is 0. The number of aromatic amines is 1. The third kappa shape index (κ3) is 4.38. The van der Waals surface area contributed by atoms with E-state index >= 15 is 0 Å². The van der Waals surface area contributed by atoms with Crippen molar-refractivity contribution < 1.29 is 14.7 Å². The van der Waals surface area contributed by atoms with Crippen LogP contribution in [0.1, 0.15) is 26.4 Å². The van der Waals surface area contributed by atoms with Gasteiger partial charge in [0.05, 0.1) is 5.69 Å².